The van der Waals surface area contributed by atoms with Crippen LogP contribution in [0.1, 0.15) is 37.2 Å². The second kappa shape index (κ2) is 6.04. The Bertz CT molecular complexity index is 438. The Morgan fingerprint density at radius 1 is 1.44 bits per heavy atom. The minimum absolute atomic E-state index is 0.130. The zero-order valence-electron chi connectivity index (χ0n) is 10.4. The van der Waals surface area contributed by atoms with Crippen molar-refractivity contribution in [3.63, 3.8) is 0 Å². The molecule has 0 bridgehead atoms. The number of hydrogen-bond donors (Lipinski definition) is 3. The maximum absolute atomic E-state index is 11.8. The summed E-state index contributed by atoms with van der Waals surface area (Å²) in [6.45, 7) is 3.76. The second-order valence-electron chi connectivity index (χ2n) is 4.21. The lowest BCUT2D eigenvalue weighted by Crippen LogP contribution is -2.42. The van der Waals surface area contributed by atoms with Crippen LogP contribution in [-0.4, -0.2) is 28.5 Å². The number of aromatic nitrogens is 1. The van der Waals surface area contributed by atoms with Crippen molar-refractivity contribution in [2.45, 2.75) is 26.7 Å². The lowest BCUT2D eigenvalue weighted by molar-refractivity contribution is -0.149. The zero-order chi connectivity index (χ0) is 13.8. The fourth-order valence-corrected chi connectivity index (χ4v) is 2.07. The van der Waals surface area contributed by atoms with Crippen molar-refractivity contribution in [1.82, 2.24) is 10.3 Å². The van der Waals surface area contributed by atoms with Crippen molar-refractivity contribution in [2.75, 3.05) is 6.54 Å². The minimum atomic E-state index is -0.889. The van der Waals surface area contributed by atoms with Crippen molar-refractivity contribution in [3.8, 4) is 0 Å². The lowest BCUT2D eigenvalue weighted by Gasteiger charge is -2.26. The van der Waals surface area contributed by atoms with Crippen molar-refractivity contribution in [3.05, 3.63) is 22.4 Å². The predicted octanol–water partition coefficient (Wildman–Crippen LogP) is 2.40. The number of aliphatic carboxylic acids is 1. The summed E-state index contributed by atoms with van der Waals surface area (Å²) in [5.74, 6) is -1.17. The summed E-state index contributed by atoms with van der Waals surface area (Å²) < 4.78 is 0.781. The van der Waals surface area contributed by atoms with E-state index >= 15 is 0 Å². The highest BCUT2D eigenvalue weighted by Gasteiger charge is 2.35. The number of carboxylic acid groups (broad SMARTS) is 1. The fourth-order valence-electron chi connectivity index (χ4n) is 1.72. The molecule has 0 fully saturated rings. The first-order valence-electron chi connectivity index (χ1n) is 5.80. The van der Waals surface area contributed by atoms with Crippen LogP contribution in [0.25, 0.3) is 0 Å². The van der Waals surface area contributed by atoms with E-state index in [9.17, 15) is 14.7 Å². The van der Waals surface area contributed by atoms with Gasteiger partial charge in [-0.1, -0.05) is 13.8 Å². The standard InChI is InChI=1S/C12H17BrN2O3/c1-3-12(4-2,11(17)18)7-15-10(16)9-5-8(13)6-14-9/h5-6,14H,3-4,7H2,1-2H3,(H,15,16)(H,17,18). The van der Waals surface area contributed by atoms with Gasteiger partial charge in [-0.3, -0.25) is 9.59 Å². The number of nitrogens with one attached hydrogen (secondary N) is 2. The van der Waals surface area contributed by atoms with Gasteiger partial charge in [0.1, 0.15) is 5.69 Å². The number of H-pyrrole nitrogens is 1. The molecule has 1 heterocycles. The Labute approximate surface area is 114 Å². The van der Waals surface area contributed by atoms with E-state index in [-0.39, 0.29) is 12.5 Å². The van der Waals surface area contributed by atoms with E-state index in [4.69, 9.17) is 0 Å². The molecule has 0 spiro atoms. The van der Waals surface area contributed by atoms with E-state index < -0.39 is 11.4 Å². The number of carboxylic acids is 1. The van der Waals surface area contributed by atoms with Gasteiger partial charge in [0.15, 0.2) is 0 Å². The molecular formula is C12H17BrN2O3. The van der Waals surface area contributed by atoms with E-state index in [2.05, 4.69) is 26.2 Å². The molecule has 0 unspecified atom stereocenters. The van der Waals surface area contributed by atoms with Crippen molar-refractivity contribution in [2.24, 2.45) is 5.41 Å². The van der Waals surface area contributed by atoms with E-state index in [1.807, 2.05) is 13.8 Å². The fraction of sp³-hybridized carbons (Fsp3) is 0.500. The number of rotatable bonds is 6. The maximum Gasteiger partial charge on any atom is 0.311 e. The van der Waals surface area contributed by atoms with Crippen molar-refractivity contribution < 1.29 is 14.7 Å². The van der Waals surface area contributed by atoms with Gasteiger partial charge in [0.25, 0.3) is 5.91 Å². The van der Waals surface area contributed by atoms with Gasteiger partial charge < -0.3 is 15.4 Å². The van der Waals surface area contributed by atoms with Crippen LogP contribution in [0.5, 0.6) is 0 Å². The number of hydrogen-bond acceptors (Lipinski definition) is 2. The number of amides is 1. The predicted molar refractivity (Wildman–Crippen MR) is 71.5 cm³/mol. The van der Waals surface area contributed by atoms with E-state index in [1.165, 1.54) is 0 Å². The third-order valence-corrected chi connectivity index (χ3v) is 3.74. The number of aromatic amines is 1. The van der Waals surface area contributed by atoms with Gasteiger partial charge >= 0.3 is 5.97 Å². The van der Waals surface area contributed by atoms with Gasteiger partial charge in [-0.25, -0.2) is 0 Å². The van der Waals surface area contributed by atoms with Crippen LogP contribution in [0.15, 0.2) is 16.7 Å². The third-order valence-electron chi connectivity index (χ3n) is 3.29. The van der Waals surface area contributed by atoms with Crippen LogP contribution in [-0.2, 0) is 4.79 Å². The Morgan fingerprint density at radius 2 is 2.06 bits per heavy atom. The van der Waals surface area contributed by atoms with E-state index in [0.29, 0.717) is 18.5 Å². The molecule has 1 aromatic rings. The second-order valence-corrected chi connectivity index (χ2v) is 5.12. The summed E-state index contributed by atoms with van der Waals surface area (Å²) in [4.78, 5) is 25.9. The molecule has 6 heteroatoms. The highest BCUT2D eigenvalue weighted by Crippen LogP contribution is 2.25. The smallest absolute Gasteiger partial charge is 0.311 e. The summed E-state index contributed by atoms with van der Waals surface area (Å²) in [6.07, 6.45) is 2.61. The van der Waals surface area contributed by atoms with Crippen LogP contribution in [0.3, 0.4) is 0 Å². The Morgan fingerprint density at radius 3 is 2.44 bits per heavy atom. The molecule has 5 nitrogen and oxygen atoms in total. The minimum Gasteiger partial charge on any atom is -0.481 e. The Balaban J connectivity index is 2.69. The molecule has 0 aromatic carbocycles. The molecule has 0 aliphatic carbocycles. The van der Waals surface area contributed by atoms with Crippen LogP contribution >= 0.6 is 15.9 Å². The average molecular weight is 317 g/mol. The Hall–Kier alpha value is -1.30. The zero-order valence-corrected chi connectivity index (χ0v) is 12.0. The van der Waals surface area contributed by atoms with Gasteiger partial charge in [0, 0.05) is 17.2 Å². The third kappa shape index (κ3) is 3.13. The monoisotopic (exact) mass is 316 g/mol. The molecule has 0 radical (unpaired) electrons. The van der Waals surface area contributed by atoms with Gasteiger partial charge in [-0.05, 0) is 34.8 Å². The van der Waals surface area contributed by atoms with Gasteiger partial charge in [-0.15, -0.1) is 0 Å². The molecule has 1 aromatic heterocycles. The maximum atomic E-state index is 11.8. The van der Waals surface area contributed by atoms with Crippen LogP contribution in [0.2, 0.25) is 0 Å². The first-order chi connectivity index (χ1) is 8.45. The summed E-state index contributed by atoms with van der Waals surface area (Å²) in [5.41, 5.74) is -0.479. The average Bonchev–Trinajstić information content (AvgIpc) is 2.77. The lowest BCUT2D eigenvalue weighted by atomic mass is 9.82. The normalized spacial score (nSPS) is 11.3. The summed E-state index contributed by atoms with van der Waals surface area (Å²) in [6, 6.07) is 1.65. The summed E-state index contributed by atoms with van der Waals surface area (Å²) in [7, 11) is 0. The Kier molecular flexibility index (Phi) is 4.95. The molecule has 0 aliphatic rings. The van der Waals surface area contributed by atoms with Gasteiger partial charge in [-0.2, -0.15) is 0 Å². The van der Waals surface area contributed by atoms with Crippen LogP contribution in [0.4, 0.5) is 0 Å². The summed E-state index contributed by atoms with van der Waals surface area (Å²) in [5, 5.41) is 11.9. The molecule has 0 saturated carbocycles. The van der Waals surface area contributed by atoms with Crippen LogP contribution in [0, 0.1) is 5.41 Å². The van der Waals surface area contributed by atoms with Gasteiger partial charge in [0.2, 0.25) is 0 Å². The van der Waals surface area contributed by atoms with E-state index in [0.717, 1.165) is 4.47 Å². The first-order valence-corrected chi connectivity index (χ1v) is 6.60. The topological polar surface area (TPSA) is 82.2 Å². The summed E-state index contributed by atoms with van der Waals surface area (Å²) >= 11 is 3.24. The number of halogens is 1. The van der Waals surface area contributed by atoms with Crippen molar-refractivity contribution >= 4 is 27.8 Å². The quantitative estimate of drug-likeness (QED) is 0.753. The van der Waals surface area contributed by atoms with Crippen molar-refractivity contribution in [1.29, 1.82) is 0 Å². The molecule has 1 amide bonds. The van der Waals surface area contributed by atoms with E-state index in [1.54, 1.807) is 12.3 Å². The molecule has 0 atom stereocenters. The first kappa shape index (κ1) is 14.8. The largest absolute Gasteiger partial charge is 0.481 e. The van der Waals surface area contributed by atoms with Gasteiger partial charge in [0.05, 0.1) is 5.41 Å². The molecule has 0 aliphatic heterocycles. The number of carbonyl (C=O) groups excluding carboxylic acids is 1. The molecule has 1 rings (SSSR count). The number of carbonyl (C=O) groups is 2. The highest BCUT2D eigenvalue weighted by atomic mass is 79.9. The molecule has 0 saturated heterocycles. The molecule has 3 N–H and O–H groups in total. The highest BCUT2D eigenvalue weighted by molar-refractivity contribution is 9.10. The molecular weight excluding hydrogens is 300 g/mol. The molecule has 100 valence electrons. The van der Waals surface area contributed by atoms with Crippen LogP contribution < -0.4 is 5.32 Å². The molecule has 18 heavy (non-hydrogen) atoms. The SMILES string of the molecule is CCC(CC)(CNC(=O)c1cc(Br)c[nH]1)C(=O)O.